The zero-order chi connectivity index (χ0) is 18.4. The molecule has 0 bridgehead atoms. The number of hydrogen-bond acceptors (Lipinski definition) is 3. The minimum Gasteiger partial charge on any atom is -0.476 e. The minimum absolute atomic E-state index is 0.00750. The van der Waals surface area contributed by atoms with Gasteiger partial charge in [-0.2, -0.15) is 0 Å². The molecule has 0 radical (unpaired) electrons. The molecule has 2 aromatic carbocycles. The number of carboxylic acids is 1. The molecule has 0 spiro atoms. The smallest absolute Gasteiger partial charge is 0.358 e. The van der Waals surface area contributed by atoms with Crippen molar-refractivity contribution in [1.82, 2.24) is 20.0 Å². The number of aromatic nitrogens is 4. The van der Waals surface area contributed by atoms with Crippen LogP contribution in [-0.4, -0.2) is 31.1 Å². The van der Waals surface area contributed by atoms with Gasteiger partial charge in [0.15, 0.2) is 5.69 Å². The van der Waals surface area contributed by atoms with Crippen LogP contribution in [0.1, 0.15) is 10.5 Å². The summed E-state index contributed by atoms with van der Waals surface area (Å²) in [5.74, 6) is -3.39. The van der Waals surface area contributed by atoms with Crippen LogP contribution in [0.4, 0.5) is 13.2 Å². The van der Waals surface area contributed by atoms with Crippen LogP contribution in [0.5, 0.6) is 0 Å². The molecular weight excluding hydrogens is 349 g/mol. The van der Waals surface area contributed by atoms with E-state index in [-0.39, 0.29) is 22.3 Å². The highest BCUT2D eigenvalue weighted by molar-refractivity contribution is 5.97. The Balaban J connectivity index is 2.05. The van der Waals surface area contributed by atoms with Gasteiger partial charge in [0.05, 0.1) is 23.1 Å². The van der Waals surface area contributed by atoms with Crippen molar-refractivity contribution in [3.63, 3.8) is 0 Å². The van der Waals surface area contributed by atoms with Gasteiger partial charge in [0.2, 0.25) is 0 Å². The first kappa shape index (κ1) is 15.9. The van der Waals surface area contributed by atoms with Crippen LogP contribution in [0, 0.1) is 17.5 Å². The van der Waals surface area contributed by atoms with Gasteiger partial charge in [0.25, 0.3) is 0 Å². The van der Waals surface area contributed by atoms with E-state index in [0.29, 0.717) is 11.3 Å². The molecule has 9 heteroatoms. The molecule has 0 aliphatic carbocycles. The van der Waals surface area contributed by atoms with Crippen molar-refractivity contribution >= 4 is 16.9 Å². The van der Waals surface area contributed by atoms with E-state index in [4.69, 9.17) is 5.11 Å². The van der Waals surface area contributed by atoms with Crippen LogP contribution in [0.2, 0.25) is 0 Å². The van der Waals surface area contributed by atoms with Crippen LogP contribution >= 0.6 is 0 Å². The number of carbonyl (C=O) groups is 1. The number of aromatic carboxylic acids is 1. The summed E-state index contributed by atoms with van der Waals surface area (Å²) in [6.07, 6.45) is 1.13. The highest BCUT2D eigenvalue weighted by atomic mass is 19.1. The lowest BCUT2D eigenvalue weighted by Gasteiger charge is -2.04. The van der Waals surface area contributed by atoms with E-state index in [0.717, 1.165) is 23.0 Å². The molecule has 2 aromatic heterocycles. The van der Waals surface area contributed by atoms with Gasteiger partial charge in [-0.05, 0) is 30.3 Å². The van der Waals surface area contributed by atoms with E-state index in [1.54, 1.807) is 0 Å². The number of carboxylic acid groups (broad SMARTS) is 1. The molecule has 0 amide bonds. The second-order valence-electron chi connectivity index (χ2n) is 5.52. The maximum atomic E-state index is 14.2. The standard InChI is InChI=1S/C17H9F3N4O2/c18-9-3-1-8(2-4-9)14-16(24-7-13(17(25)26)22-23-24)11-5-10(19)6-12(20)15(11)21-14/h1-7,21H,(H,25,26). The quantitative estimate of drug-likeness (QED) is 0.587. The molecule has 0 fully saturated rings. The van der Waals surface area contributed by atoms with Crippen molar-refractivity contribution in [3.8, 4) is 16.9 Å². The van der Waals surface area contributed by atoms with E-state index < -0.39 is 23.4 Å². The van der Waals surface area contributed by atoms with Crippen molar-refractivity contribution in [1.29, 1.82) is 0 Å². The lowest BCUT2D eigenvalue weighted by atomic mass is 10.1. The largest absolute Gasteiger partial charge is 0.476 e. The minimum atomic E-state index is -1.29. The van der Waals surface area contributed by atoms with Crippen molar-refractivity contribution in [2.24, 2.45) is 0 Å². The number of nitrogens with zero attached hydrogens (tertiary/aromatic N) is 3. The van der Waals surface area contributed by atoms with Crippen LogP contribution < -0.4 is 0 Å². The van der Waals surface area contributed by atoms with Gasteiger partial charge in [0, 0.05) is 17.0 Å². The number of rotatable bonds is 3. The summed E-state index contributed by atoms with van der Waals surface area (Å²) < 4.78 is 42.3. The molecule has 26 heavy (non-hydrogen) atoms. The summed E-state index contributed by atoms with van der Waals surface area (Å²) >= 11 is 0. The molecule has 2 heterocycles. The van der Waals surface area contributed by atoms with E-state index in [9.17, 15) is 18.0 Å². The first-order valence-electron chi connectivity index (χ1n) is 7.36. The molecular formula is C17H9F3N4O2. The summed E-state index contributed by atoms with van der Waals surface area (Å²) in [6.45, 7) is 0. The number of hydrogen-bond donors (Lipinski definition) is 2. The van der Waals surface area contributed by atoms with Crippen LogP contribution in [0.25, 0.3) is 27.8 Å². The molecule has 130 valence electrons. The molecule has 0 aliphatic rings. The normalized spacial score (nSPS) is 11.2. The van der Waals surface area contributed by atoms with Gasteiger partial charge in [-0.15, -0.1) is 5.10 Å². The number of H-pyrrole nitrogens is 1. The fraction of sp³-hybridized carbons (Fsp3) is 0. The molecule has 6 nitrogen and oxygen atoms in total. The lowest BCUT2D eigenvalue weighted by Crippen LogP contribution is -1.97. The first-order chi connectivity index (χ1) is 12.4. The third-order valence-corrected chi connectivity index (χ3v) is 3.87. The molecule has 0 atom stereocenters. The van der Waals surface area contributed by atoms with Gasteiger partial charge >= 0.3 is 5.97 Å². The Bertz CT molecular complexity index is 1150. The topological polar surface area (TPSA) is 83.8 Å². The number of halogens is 3. The molecule has 4 rings (SSSR count). The van der Waals surface area contributed by atoms with Crippen molar-refractivity contribution in [2.45, 2.75) is 0 Å². The Morgan fingerprint density at radius 2 is 1.81 bits per heavy atom. The highest BCUT2D eigenvalue weighted by Gasteiger charge is 2.21. The van der Waals surface area contributed by atoms with Crippen LogP contribution in [0.3, 0.4) is 0 Å². The zero-order valence-electron chi connectivity index (χ0n) is 12.9. The van der Waals surface area contributed by atoms with Gasteiger partial charge in [-0.1, -0.05) is 5.21 Å². The fourth-order valence-corrected chi connectivity index (χ4v) is 2.74. The predicted octanol–water partition coefficient (Wildman–Crippen LogP) is 3.53. The maximum absolute atomic E-state index is 14.2. The second-order valence-corrected chi connectivity index (χ2v) is 5.52. The summed E-state index contributed by atoms with van der Waals surface area (Å²) in [4.78, 5) is 13.9. The average Bonchev–Trinajstić information content (AvgIpc) is 3.20. The Labute approximate surface area is 143 Å². The Hall–Kier alpha value is -3.62. The highest BCUT2D eigenvalue weighted by Crippen LogP contribution is 2.34. The van der Waals surface area contributed by atoms with Gasteiger partial charge < -0.3 is 10.1 Å². The molecule has 0 saturated heterocycles. The van der Waals surface area contributed by atoms with Crippen molar-refractivity contribution in [2.75, 3.05) is 0 Å². The summed E-state index contributed by atoms with van der Waals surface area (Å²) in [5.41, 5.74) is 0.663. The zero-order valence-corrected chi connectivity index (χ0v) is 12.9. The Morgan fingerprint density at radius 3 is 2.46 bits per heavy atom. The predicted molar refractivity (Wildman–Crippen MR) is 85.5 cm³/mol. The summed E-state index contributed by atoms with van der Waals surface area (Å²) in [5, 5.41) is 16.4. The molecule has 2 N–H and O–H groups in total. The van der Waals surface area contributed by atoms with E-state index in [2.05, 4.69) is 15.3 Å². The number of aromatic amines is 1. The van der Waals surface area contributed by atoms with Crippen LogP contribution in [-0.2, 0) is 0 Å². The van der Waals surface area contributed by atoms with Gasteiger partial charge in [-0.25, -0.2) is 22.6 Å². The molecule has 0 aliphatic heterocycles. The van der Waals surface area contributed by atoms with E-state index >= 15 is 0 Å². The third-order valence-electron chi connectivity index (χ3n) is 3.87. The first-order valence-corrected chi connectivity index (χ1v) is 7.36. The van der Waals surface area contributed by atoms with Gasteiger partial charge in [-0.3, -0.25) is 0 Å². The van der Waals surface area contributed by atoms with Crippen LogP contribution in [0.15, 0.2) is 42.6 Å². The number of nitrogens with one attached hydrogen (secondary N) is 1. The Kier molecular flexibility index (Phi) is 3.50. The number of fused-ring (bicyclic) bond motifs is 1. The monoisotopic (exact) mass is 358 g/mol. The molecule has 0 saturated carbocycles. The van der Waals surface area contributed by atoms with Crippen molar-refractivity contribution in [3.05, 3.63) is 65.7 Å². The molecule has 4 aromatic rings. The summed E-state index contributed by atoms with van der Waals surface area (Å²) in [7, 11) is 0. The number of benzene rings is 2. The summed E-state index contributed by atoms with van der Waals surface area (Å²) in [6, 6.07) is 7.15. The Morgan fingerprint density at radius 1 is 1.08 bits per heavy atom. The maximum Gasteiger partial charge on any atom is 0.358 e. The van der Waals surface area contributed by atoms with Crippen molar-refractivity contribution < 1.29 is 23.1 Å². The average molecular weight is 358 g/mol. The lowest BCUT2D eigenvalue weighted by molar-refractivity contribution is 0.0690. The third kappa shape index (κ3) is 2.50. The van der Waals surface area contributed by atoms with E-state index in [1.165, 1.54) is 24.3 Å². The SMILES string of the molecule is O=C(O)c1cn(-c2c(-c3ccc(F)cc3)[nH]c3c(F)cc(F)cc23)nn1. The molecule has 0 unspecified atom stereocenters. The van der Waals surface area contributed by atoms with E-state index in [1.807, 2.05) is 0 Å². The second kappa shape index (κ2) is 5.73. The van der Waals surface area contributed by atoms with Gasteiger partial charge in [0.1, 0.15) is 17.5 Å². The fourth-order valence-electron chi connectivity index (χ4n) is 2.74.